The maximum absolute atomic E-state index is 5.18. The van der Waals surface area contributed by atoms with E-state index in [2.05, 4.69) is 251 Å². The molecule has 0 bridgehead atoms. The highest BCUT2D eigenvalue weighted by Crippen LogP contribution is 2.46. The highest BCUT2D eigenvalue weighted by atomic mass is 16.5. The molecule has 8 saturated carbocycles. The summed E-state index contributed by atoms with van der Waals surface area (Å²) in [5.41, 5.74) is 10.5. The standard InChI is InChI=1S/2C9H14N2.3C9H13NO.3C8H13N3.C8H15N3.C6H10N2/c1-7(2)11-6-10-5-9(11)8-3-4-8;1-7(2)9-5-10-6-11(9)8-3-4-8;2*1-6(2)9-8(5-11-10-9)7-3-4-7;1-6(2)9-8(5-10-11-9)7-3-4-7;2*1-6(2)8-10-9-5-11(8)7-3-4-7;1-6(2)11-8(5-9-10-11)7-3-4-7;1-6(2)8-10-9-5-11(8)7(3)4;1-6(2)8-4-3-7-5-8/h2*5-8H,3-4H2,1-2H3;6*5-7H,3-4H2,1-2H3;5-7H,1-4H3;3-6H,1-2H3. The molecule has 24 heteroatoms. The third-order valence-corrected chi connectivity index (χ3v) is 20.0. The van der Waals surface area contributed by atoms with Gasteiger partial charge in [-0.1, -0.05) is 118 Å². The SMILES string of the molecule is CC(C)c1cncn1C1CC1.CC(C)c1nncn1C(C)C.CC(C)c1nncn1C1CC1.CC(C)c1nncn1C1CC1.CC(C)c1nocc1C1CC1.CC(C)c1nocc1C1CC1.CC(C)c1oncc1C1CC1.CC(C)n1ccnc1.CC(C)n1cncc1C1CC1.CC(C)n1nncc1C1CC1. The number of imidazole rings is 3. The fraction of sp³-hybridized carbons (Fsp3) is 0.687. The van der Waals surface area contributed by atoms with Crippen molar-refractivity contribution < 1.29 is 13.6 Å². The number of aromatic nitrogens is 21. The minimum atomic E-state index is 0.452. The lowest BCUT2D eigenvalue weighted by atomic mass is 10.0. The van der Waals surface area contributed by atoms with Gasteiger partial charge >= 0.3 is 0 Å². The Balaban J connectivity index is 0.000000137. The van der Waals surface area contributed by atoms with Crippen molar-refractivity contribution in [1.82, 2.24) is 103 Å². The fourth-order valence-electron chi connectivity index (χ4n) is 12.6. The van der Waals surface area contributed by atoms with Crippen molar-refractivity contribution in [3.8, 4) is 0 Å². The van der Waals surface area contributed by atoms with E-state index in [4.69, 9.17) is 13.6 Å². The second-order valence-electron chi connectivity index (χ2n) is 33.8. The van der Waals surface area contributed by atoms with Crippen LogP contribution in [0.25, 0.3) is 0 Å². The summed E-state index contributed by atoms with van der Waals surface area (Å²) in [5, 5.41) is 43.7. The topological polar surface area (TPSA) is 254 Å². The van der Waals surface area contributed by atoms with Crippen LogP contribution >= 0.6 is 0 Å². The van der Waals surface area contributed by atoms with Crippen molar-refractivity contribution in [1.29, 1.82) is 0 Å². The van der Waals surface area contributed by atoms with Crippen molar-refractivity contribution in [3.05, 3.63) is 156 Å². The molecular formula is C83H131N21O3. The normalized spacial score (nSPS) is 16.5. The van der Waals surface area contributed by atoms with Crippen LogP contribution in [0.1, 0.15) is 437 Å². The summed E-state index contributed by atoms with van der Waals surface area (Å²) in [6, 6.07) is 4.21. The summed E-state index contributed by atoms with van der Waals surface area (Å²) < 4.78 is 30.3. The van der Waals surface area contributed by atoms with Gasteiger partial charge in [-0.05, 0) is 194 Å². The lowest BCUT2D eigenvalue weighted by Crippen LogP contribution is -2.06. The Morgan fingerprint density at radius 3 is 1.21 bits per heavy atom. The van der Waals surface area contributed by atoms with Crippen molar-refractivity contribution in [2.24, 2.45) is 0 Å². The summed E-state index contributed by atoms with van der Waals surface area (Å²) in [6.07, 6.45) is 47.6. The Kier molecular flexibility index (Phi) is 30.4. The Morgan fingerprint density at radius 2 is 0.813 bits per heavy atom. The molecule has 0 unspecified atom stereocenters. The zero-order chi connectivity index (χ0) is 77.2. The van der Waals surface area contributed by atoms with Crippen LogP contribution in [-0.4, -0.2) is 103 Å². The fourth-order valence-corrected chi connectivity index (χ4v) is 12.6. The van der Waals surface area contributed by atoms with Crippen LogP contribution in [-0.2, 0) is 0 Å². The zero-order valence-electron chi connectivity index (χ0n) is 69.0. The van der Waals surface area contributed by atoms with Gasteiger partial charge in [-0.25, -0.2) is 19.6 Å². The van der Waals surface area contributed by atoms with Crippen LogP contribution in [0, 0.1) is 0 Å². The molecule has 0 radical (unpaired) electrons. The summed E-state index contributed by atoms with van der Waals surface area (Å²) in [7, 11) is 0. The number of nitrogens with zero attached hydrogens (tertiary/aromatic N) is 21. The van der Waals surface area contributed by atoms with Gasteiger partial charge in [0.1, 0.15) is 54.7 Å². The van der Waals surface area contributed by atoms with Gasteiger partial charge in [0.05, 0.1) is 48.5 Å². The Bertz CT molecular complexity index is 3170. The molecule has 0 amide bonds. The smallest absolute Gasteiger partial charge is 0.142 e. The second-order valence-corrected chi connectivity index (χ2v) is 33.8. The highest BCUT2D eigenvalue weighted by molar-refractivity contribution is 5.28. The Morgan fingerprint density at radius 1 is 0.355 bits per heavy atom. The first-order chi connectivity index (χ1) is 51.2. The van der Waals surface area contributed by atoms with Crippen LogP contribution in [0.2, 0.25) is 0 Å². The molecule has 18 rings (SSSR count). The summed E-state index contributed by atoms with van der Waals surface area (Å²) in [5.74, 6) is 11.8. The van der Waals surface area contributed by atoms with Crippen LogP contribution < -0.4 is 0 Å². The minimum absolute atomic E-state index is 0.452. The molecule has 0 saturated heterocycles. The van der Waals surface area contributed by atoms with Gasteiger partial charge in [0.2, 0.25) is 0 Å². The van der Waals surface area contributed by atoms with Gasteiger partial charge in [-0.3, -0.25) is 0 Å². The van der Waals surface area contributed by atoms with Crippen LogP contribution in [0.5, 0.6) is 0 Å². The predicted molar refractivity (Wildman–Crippen MR) is 421 cm³/mol. The number of hydrogen-bond acceptors (Lipinski definition) is 17. The largest absolute Gasteiger partial charge is 0.364 e. The van der Waals surface area contributed by atoms with Gasteiger partial charge in [0, 0.05) is 131 Å². The van der Waals surface area contributed by atoms with E-state index in [0.717, 1.165) is 70.3 Å². The molecule has 8 fully saturated rings. The molecule has 107 heavy (non-hydrogen) atoms. The minimum Gasteiger partial charge on any atom is -0.364 e. The van der Waals surface area contributed by atoms with E-state index >= 15 is 0 Å². The van der Waals surface area contributed by atoms with Gasteiger partial charge in [-0.2, -0.15) is 0 Å². The molecular weight excluding hydrogens is 1340 g/mol. The molecule has 10 heterocycles. The molecule has 8 aliphatic carbocycles. The summed E-state index contributed by atoms with van der Waals surface area (Å²) in [6.45, 7) is 47.4. The van der Waals surface area contributed by atoms with Crippen molar-refractivity contribution >= 4 is 0 Å². The van der Waals surface area contributed by atoms with Gasteiger partial charge < -0.3 is 41.0 Å². The summed E-state index contributed by atoms with van der Waals surface area (Å²) >= 11 is 0. The van der Waals surface area contributed by atoms with Crippen molar-refractivity contribution in [2.75, 3.05) is 0 Å². The molecule has 24 nitrogen and oxygen atoms in total. The van der Waals surface area contributed by atoms with Gasteiger partial charge in [0.15, 0.2) is 0 Å². The molecule has 0 aromatic carbocycles. The van der Waals surface area contributed by atoms with Gasteiger partial charge in [-0.15, -0.1) is 35.7 Å². The second kappa shape index (κ2) is 39.3. The van der Waals surface area contributed by atoms with Gasteiger partial charge in [0.25, 0.3) is 0 Å². The van der Waals surface area contributed by atoms with Crippen LogP contribution in [0.4, 0.5) is 0 Å². The van der Waals surface area contributed by atoms with Crippen LogP contribution in [0.15, 0.2) is 101 Å². The zero-order valence-corrected chi connectivity index (χ0v) is 69.0. The third kappa shape index (κ3) is 25.2. The number of hydrogen-bond donors (Lipinski definition) is 0. The van der Waals surface area contributed by atoms with E-state index in [-0.39, 0.29) is 0 Å². The monoisotopic (exact) mass is 1470 g/mol. The Labute approximate surface area is 638 Å². The Hall–Kier alpha value is -8.18. The molecule has 0 atom stereocenters. The lowest BCUT2D eigenvalue weighted by Gasteiger charge is -2.11. The molecule has 0 aliphatic heterocycles. The van der Waals surface area contributed by atoms with E-state index in [0.29, 0.717) is 77.7 Å². The first kappa shape index (κ1) is 82.9. The quantitative estimate of drug-likeness (QED) is 0.0729. The van der Waals surface area contributed by atoms with Crippen molar-refractivity contribution in [3.63, 3.8) is 0 Å². The maximum atomic E-state index is 5.18. The van der Waals surface area contributed by atoms with E-state index < -0.39 is 0 Å². The van der Waals surface area contributed by atoms with Crippen LogP contribution in [0.3, 0.4) is 0 Å². The maximum Gasteiger partial charge on any atom is 0.142 e. The highest BCUT2D eigenvalue weighted by Gasteiger charge is 2.34. The first-order valence-electron chi connectivity index (χ1n) is 40.7. The van der Waals surface area contributed by atoms with E-state index in [9.17, 15) is 0 Å². The average molecular weight is 1470 g/mol. The molecule has 10 aromatic rings. The third-order valence-electron chi connectivity index (χ3n) is 20.0. The van der Waals surface area contributed by atoms with E-state index in [1.807, 2.05) is 79.8 Å². The average Bonchev–Trinajstić information content (AvgIpc) is 1.71. The molecule has 10 aromatic heterocycles. The molecule has 8 aliphatic rings. The molecule has 0 spiro atoms. The lowest BCUT2D eigenvalue weighted by molar-refractivity contribution is 0.369. The molecule has 586 valence electrons. The summed E-state index contributed by atoms with van der Waals surface area (Å²) in [4.78, 5) is 12.2. The molecule has 0 N–H and O–H groups in total. The first-order valence-corrected chi connectivity index (χ1v) is 40.7. The number of rotatable bonds is 19. The van der Waals surface area contributed by atoms with E-state index in [1.165, 1.54) is 137 Å². The van der Waals surface area contributed by atoms with Crippen molar-refractivity contribution in [2.45, 2.75) is 368 Å². The van der Waals surface area contributed by atoms with E-state index in [1.54, 1.807) is 12.5 Å². The predicted octanol–water partition coefficient (Wildman–Crippen LogP) is 21.4.